The predicted octanol–water partition coefficient (Wildman–Crippen LogP) is 2.03. The lowest BCUT2D eigenvalue weighted by molar-refractivity contribution is 0.277. The van der Waals surface area contributed by atoms with Crippen molar-refractivity contribution < 1.29 is 9.84 Å². The Bertz CT molecular complexity index is 661. The van der Waals surface area contributed by atoms with E-state index in [9.17, 15) is 5.11 Å². The average molecular weight is 304 g/mol. The zero-order valence-corrected chi connectivity index (χ0v) is 12.7. The molecular weight excluding hydrogens is 288 g/mol. The fourth-order valence-corrected chi connectivity index (χ4v) is 2.77. The molecule has 1 aliphatic carbocycles. The van der Waals surface area contributed by atoms with Gasteiger partial charge in [0.1, 0.15) is 16.9 Å². The summed E-state index contributed by atoms with van der Waals surface area (Å²) in [5.74, 6) is 1.49. The van der Waals surface area contributed by atoms with Crippen molar-refractivity contribution in [1.82, 2.24) is 19.9 Å². The molecule has 110 valence electrons. The van der Waals surface area contributed by atoms with Gasteiger partial charge in [-0.3, -0.25) is 0 Å². The molecular formula is C14H16N4O2S. The summed E-state index contributed by atoms with van der Waals surface area (Å²) in [5, 5.41) is 10.1. The summed E-state index contributed by atoms with van der Waals surface area (Å²) < 4.78 is 5.36. The Morgan fingerprint density at radius 1 is 1.33 bits per heavy atom. The molecule has 2 heterocycles. The first kappa shape index (κ1) is 14.2. The van der Waals surface area contributed by atoms with Crippen molar-refractivity contribution in [3.8, 4) is 17.3 Å². The highest BCUT2D eigenvalue weighted by Gasteiger charge is 2.31. The normalized spacial score (nSPS) is 14.2. The van der Waals surface area contributed by atoms with Crippen molar-refractivity contribution in [3.63, 3.8) is 0 Å². The van der Waals surface area contributed by atoms with Gasteiger partial charge in [-0.1, -0.05) is 0 Å². The molecule has 2 aromatic heterocycles. The van der Waals surface area contributed by atoms with Crippen LogP contribution in [0.2, 0.25) is 0 Å². The molecule has 0 amide bonds. The van der Waals surface area contributed by atoms with Crippen LogP contribution < -0.4 is 4.74 Å². The van der Waals surface area contributed by atoms with Gasteiger partial charge in [0, 0.05) is 17.7 Å². The fraction of sp³-hybridized carbons (Fsp3) is 0.429. The summed E-state index contributed by atoms with van der Waals surface area (Å²) in [6, 6.07) is 0. The lowest BCUT2D eigenvalue weighted by Crippen LogP contribution is -2.04. The van der Waals surface area contributed by atoms with Gasteiger partial charge in [0.2, 0.25) is 5.88 Å². The number of methoxy groups -OCH3 is 1. The highest BCUT2D eigenvalue weighted by atomic mass is 32.2. The number of rotatable bonds is 5. The minimum Gasteiger partial charge on any atom is -0.480 e. The van der Waals surface area contributed by atoms with Gasteiger partial charge in [-0.05, 0) is 19.1 Å². The summed E-state index contributed by atoms with van der Waals surface area (Å²) in [7, 11) is 1.58. The van der Waals surface area contributed by atoms with Crippen LogP contribution in [0.1, 0.15) is 30.0 Å². The van der Waals surface area contributed by atoms with E-state index in [-0.39, 0.29) is 6.61 Å². The van der Waals surface area contributed by atoms with Crippen LogP contribution in [0.25, 0.3) is 11.4 Å². The zero-order valence-electron chi connectivity index (χ0n) is 11.9. The van der Waals surface area contributed by atoms with Crippen LogP contribution in [0.4, 0.5) is 0 Å². The molecule has 0 unspecified atom stereocenters. The smallest absolute Gasteiger partial charge is 0.227 e. The first-order valence-electron chi connectivity index (χ1n) is 6.68. The molecule has 7 heteroatoms. The number of thioether (sulfide) groups is 1. The van der Waals surface area contributed by atoms with Crippen LogP contribution in [0.15, 0.2) is 17.6 Å². The second-order valence-electron chi connectivity index (χ2n) is 4.80. The van der Waals surface area contributed by atoms with Crippen molar-refractivity contribution >= 4 is 11.8 Å². The fourth-order valence-electron chi connectivity index (χ4n) is 2.21. The van der Waals surface area contributed by atoms with Crippen molar-refractivity contribution in [1.29, 1.82) is 0 Å². The standard InChI is InChI=1S/C14H16N4O2S/c1-20-13-10(11(8-3-4-8)16-7-17-13)12-15-5-9(6-19)14(18-12)21-2/h5,7-8,19H,3-4,6H2,1-2H3. The Balaban J connectivity index is 2.15. The molecule has 1 aliphatic rings. The minimum atomic E-state index is -0.0750. The van der Waals surface area contributed by atoms with Crippen molar-refractivity contribution in [3.05, 3.63) is 23.8 Å². The molecule has 0 bridgehead atoms. The van der Waals surface area contributed by atoms with E-state index in [1.807, 2.05) is 6.26 Å². The van der Waals surface area contributed by atoms with E-state index in [0.29, 0.717) is 17.6 Å². The number of nitrogens with zero attached hydrogens (tertiary/aromatic N) is 4. The zero-order chi connectivity index (χ0) is 14.8. The monoisotopic (exact) mass is 304 g/mol. The minimum absolute atomic E-state index is 0.0750. The van der Waals surface area contributed by atoms with E-state index < -0.39 is 0 Å². The van der Waals surface area contributed by atoms with Gasteiger partial charge in [0.15, 0.2) is 5.82 Å². The maximum absolute atomic E-state index is 9.32. The summed E-state index contributed by atoms with van der Waals surface area (Å²) in [6.45, 7) is -0.0750. The number of ether oxygens (including phenoxy) is 1. The summed E-state index contributed by atoms with van der Waals surface area (Å²) in [5.41, 5.74) is 2.43. The predicted molar refractivity (Wildman–Crippen MR) is 79.3 cm³/mol. The summed E-state index contributed by atoms with van der Waals surface area (Å²) in [4.78, 5) is 17.5. The van der Waals surface area contributed by atoms with E-state index in [4.69, 9.17) is 4.74 Å². The maximum atomic E-state index is 9.32. The number of aromatic nitrogens is 4. The molecule has 6 nitrogen and oxygen atoms in total. The largest absolute Gasteiger partial charge is 0.480 e. The van der Waals surface area contributed by atoms with Gasteiger partial charge in [-0.25, -0.2) is 19.9 Å². The number of hydrogen-bond donors (Lipinski definition) is 1. The van der Waals surface area contributed by atoms with Gasteiger partial charge < -0.3 is 9.84 Å². The van der Waals surface area contributed by atoms with Gasteiger partial charge in [-0.2, -0.15) is 0 Å². The third-order valence-corrected chi connectivity index (χ3v) is 4.15. The molecule has 0 atom stereocenters. The summed E-state index contributed by atoms with van der Waals surface area (Å²) in [6.07, 6.45) is 7.34. The molecule has 3 rings (SSSR count). The van der Waals surface area contributed by atoms with Crippen LogP contribution in [0.5, 0.6) is 5.88 Å². The Kier molecular flexibility index (Phi) is 4.03. The van der Waals surface area contributed by atoms with E-state index >= 15 is 0 Å². The molecule has 1 fully saturated rings. The Morgan fingerprint density at radius 2 is 2.14 bits per heavy atom. The van der Waals surface area contributed by atoms with E-state index in [0.717, 1.165) is 34.7 Å². The molecule has 0 saturated heterocycles. The lowest BCUT2D eigenvalue weighted by Gasteiger charge is -2.12. The summed E-state index contributed by atoms with van der Waals surface area (Å²) >= 11 is 1.48. The Hall–Kier alpha value is -1.73. The molecule has 0 radical (unpaired) electrons. The number of hydrogen-bond acceptors (Lipinski definition) is 7. The van der Waals surface area contributed by atoms with Gasteiger partial charge in [0.05, 0.1) is 19.4 Å². The Labute approximate surface area is 127 Å². The molecule has 2 aromatic rings. The number of aliphatic hydroxyl groups excluding tert-OH is 1. The van der Waals surface area contributed by atoms with Crippen LogP contribution in [-0.4, -0.2) is 38.4 Å². The quantitative estimate of drug-likeness (QED) is 0.668. The first-order valence-corrected chi connectivity index (χ1v) is 7.91. The maximum Gasteiger partial charge on any atom is 0.227 e. The molecule has 0 spiro atoms. The van der Waals surface area contributed by atoms with Gasteiger partial charge in [0.25, 0.3) is 0 Å². The average Bonchev–Trinajstić information content (AvgIpc) is 3.38. The molecule has 1 saturated carbocycles. The number of aliphatic hydroxyl groups is 1. The SMILES string of the molecule is COc1ncnc(C2CC2)c1-c1ncc(CO)c(SC)n1. The highest BCUT2D eigenvalue weighted by molar-refractivity contribution is 7.98. The van der Waals surface area contributed by atoms with Crippen molar-refractivity contribution in [2.45, 2.75) is 30.4 Å². The van der Waals surface area contributed by atoms with Crippen LogP contribution in [0.3, 0.4) is 0 Å². The first-order chi connectivity index (χ1) is 10.3. The second-order valence-corrected chi connectivity index (χ2v) is 5.60. The topological polar surface area (TPSA) is 81.0 Å². The van der Waals surface area contributed by atoms with Gasteiger partial charge >= 0.3 is 0 Å². The molecule has 0 aliphatic heterocycles. The van der Waals surface area contributed by atoms with Gasteiger partial charge in [-0.15, -0.1) is 11.8 Å². The van der Waals surface area contributed by atoms with E-state index in [1.165, 1.54) is 18.1 Å². The molecule has 1 N–H and O–H groups in total. The molecule has 21 heavy (non-hydrogen) atoms. The second kappa shape index (κ2) is 5.95. The third-order valence-electron chi connectivity index (χ3n) is 3.41. The van der Waals surface area contributed by atoms with E-state index in [1.54, 1.807) is 13.3 Å². The van der Waals surface area contributed by atoms with Crippen molar-refractivity contribution in [2.24, 2.45) is 0 Å². The highest BCUT2D eigenvalue weighted by Crippen LogP contribution is 2.44. The van der Waals surface area contributed by atoms with Crippen LogP contribution in [-0.2, 0) is 6.61 Å². The van der Waals surface area contributed by atoms with E-state index in [2.05, 4.69) is 19.9 Å². The van der Waals surface area contributed by atoms with Crippen LogP contribution >= 0.6 is 11.8 Å². The van der Waals surface area contributed by atoms with Crippen LogP contribution in [0, 0.1) is 0 Å². The molecule has 0 aromatic carbocycles. The third kappa shape index (κ3) is 2.71. The lowest BCUT2D eigenvalue weighted by atomic mass is 10.1. The van der Waals surface area contributed by atoms with Crippen molar-refractivity contribution in [2.75, 3.05) is 13.4 Å². The Morgan fingerprint density at radius 3 is 2.76 bits per heavy atom.